The number of alkyl halides is 1. The van der Waals surface area contributed by atoms with Gasteiger partial charge in [0.1, 0.15) is 5.75 Å². The van der Waals surface area contributed by atoms with Gasteiger partial charge in [-0.1, -0.05) is 28.1 Å². The fraction of sp³-hybridized carbons (Fsp3) is 0.455. The third-order valence-electron chi connectivity index (χ3n) is 2.60. The third kappa shape index (κ3) is 1.60. The van der Waals surface area contributed by atoms with Crippen LogP contribution in [0.2, 0.25) is 0 Å². The summed E-state index contributed by atoms with van der Waals surface area (Å²) >= 11 is 3.74. The van der Waals surface area contributed by atoms with Gasteiger partial charge in [-0.2, -0.15) is 0 Å². The molecule has 0 unspecified atom stereocenters. The number of hydrogen-bond donors (Lipinski definition) is 0. The molecule has 70 valence electrons. The summed E-state index contributed by atoms with van der Waals surface area (Å²) in [6.45, 7) is 2.08. The van der Waals surface area contributed by atoms with Crippen molar-refractivity contribution in [2.75, 3.05) is 7.11 Å². The van der Waals surface area contributed by atoms with Crippen LogP contribution in [0.3, 0.4) is 0 Å². The Morgan fingerprint density at radius 3 is 2.54 bits per heavy atom. The molecule has 0 spiro atoms. The number of aryl methyl sites for hydroxylation is 1. The Labute approximate surface area is 87.2 Å². The minimum atomic E-state index is 0.282. The van der Waals surface area contributed by atoms with Gasteiger partial charge in [0.05, 0.1) is 11.4 Å². The standard InChI is InChI=1S/C11H13BrO/c1-8-7-9(11(12)5-6-11)3-4-10(8)13-2/h3-4,7H,5-6H2,1-2H3. The van der Waals surface area contributed by atoms with E-state index in [1.807, 2.05) is 6.07 Å². The molecule has 0 radical (unpaired) electrons. The molecular weight excluding hydrogens is 228 g/mol. The molecule has 0 amide bonds. The van der Waals surface area contributed by atoms with Crippen molar-refractivity contribution in [2.45, 2.75) is 24.1 Å². The summed E-state index contributed by atoms with van der Waals surface area (Å²) in [6, 6.07) is 6.40. The number of methoxy groups -OCH3 is 1. The van der Waals surface area contributed by atoms with Gasteiger partial charge in [0.25, 0.3) is 0 Å². The van der Waals surface area contributed by atoms with Crippen LogP contribution in [0.25, 0.3) is 0 Å². The second kappa shape index (κ2) is 3.02. The molecular formula is C11H13BrO. The Bertz CT molecular complexity index is 329. The van der Waals surface area contributed by atoms with Crippen LogP contribution >= 0.6 is 15.9 Å². The second-order valence-corrected chi connectivity index (χ2v) is 5.17. The summed E-state index contributed by atoms with van der Waals surface area (Å²) in [7, 11) is 1.71. The number of benzene rings is 1. The Balaban J connectivity index is 2.36. The third-order valence-corrected chi connectivity index (χ3v) is 3.85. The van der Waals surface area contributed by atoms with Gasteiger partial charge >= 0.3 is 0 Å². The van der Waals surface area contributed by atoms with Gasteiger partial charge in [-0.3, -0.25) is 0 Å². The van der Waals surface area contributed by atoms with Gasteiger partial charge in [0, 0.05) is 0 Å². The van der Waals surface area contributed by atoms with Crippen molar-refractivity contribution in [3.63, 3.8) is 0 Å². The molecule has 1 aromatic carbocycles. The molecule has 1 saturated carbocycles. The quantitative estimate of drug-likeness (QED) is 0.721. The van der Waals surface area contributed by atoms with E-state index < -0.39 is 0 Å². The van der Waals surface area contributed by atoms with Crippen LogP contribution in [0.5, 0.6) is 5.75 Å². The highest BCUT2D eigenvalue weighted by Crippen LogP contribution is 2.54. The van der Waals surface area contributed by atoms with Crippen LogP contribution in [0, 0.1) is 6.92 Å². The van der Waals surface area contributed by atoms with E-state index in [9.17, 15) is 0 Å². The molecule has 13 heavy (non-hydrogen) atoms. The molecule has 2 heteroatoms. The molecule has 1 aromatic rings. The lowest BCUT2D eigenvalue weighted by atomic mass is 10.1. The Hall–Kier alpha value is -0.500. The first-order valence-corrected chi connectivity index (χ1v) is 5.29. The summed E-state index contributed by atoms with van der Waals surface area (Å²) in [6.07, 6.45) is 2.50. The highest BCUT2D eigenvalue weighted by atomic mass is 79.9. The number of halogens is 1. The lowest BCUT2D eigenvalue weighted by molar-refractivity contribution is 0.411. The maximum atomic E-state index is 5.22. The zero-order valence-electron chi connectivity index (χ0n) is 7.93. The molecule has 0 heterocycles. The highest BCUT2D eigenvalue weighted by Gasteiger charge is 2.41. The first kappa shape index (κ1) is 9.07. The lowest BCUT2D eigenvalue weighted by Crippen LogP contribution is -1.96. The highest BCUT2D eigenvalue weighted by molar-refractivity contribution is 9.09. The summed E-state index contributed by atoms with van der Waals surface area (Å²) in [5.74, 6) is 0.973. The Morgan fingerprint density at radius 2 is 2.08 bits per heavy atom. The van der Waals surface area contributed by atoms with Crippen LogP contribution in [-0.4, -0.2) is 7.11 Å². The van der Waals surface area contributed by atoms with Gasteiger partial charge in [-0.05, 0) is 37.0 Å². The maximum Gasteiger partial charge on any atom is 0.121 e. The van der Waals surface area contributed by atoms with E-state index >= 15 is 0 Å². The first-order chi connectivity index (χ1) is 6.15. The Kier molecular flexibility index (Phi) is 2.11. The summed E-state index contributed by atoms with van der Waals surface area (Å²) in [5, 5.41) is 0. The van der Waals surface area contributed by atoms with Crippen molar-refractivity contribution in [1.82, 2.24) is 0 Å². The van der Waals surface area contributed by atoms with Crippen molar-refractivity contribution in [3.05, 3.63) is 29.3 Å². The maximum absolute atomic E-state index is 5.22. The van der Waals surface area contributed by atoms with Crippen molar-refractivity contribution < 1.29 is 4.74 Å². The minimum Gasteiger partial charge on any atom is -0.496 e. The van der Waals surface area contributed by atoms with E-state index in [0.29, 0.717) is 0 Å². The average Bonchev–Trinajstić information content (AvgIpc) is 2.85. The molecule has 0 saturated heterocycles. The van der Waals surface area contributed by atoms with E-state index in [1.165, 1.54) is 24.0 Å². The molecule has 1 nitrogen and oxygen atoms in total. The summed E-state index contributed by atoms with van der Waals surface area (Å²) in [4.78, 5) is 0. The topological polar surface area (TPSA) is 9.23 Å². The van der Waals surface area contributed by atoms with Crippen molar-refractivity contribution >= 4 is 15.9 Å². The summed E-state index contributed by atoms with van der Waals surface area (Å²) < 4.78 is 5.50. The zero-order valence-corrected chi connectivity index (χ0v) is 9.52. The van der Waals surface area contributed by atoms with E-state index in [1.54, 1.807) is 7.11 Å². The fourth-order valence-corrected chi connectivity index (χ4v) is 2.00. The minimum absolute atomic E-state index is 0.282. The summed E-state index contributed by atoms with van der Waals surface area (Å²) in [5.41, 5.74) is 2.59. The molecule has 1 fully saturated rings. The van der Waals surface area contributed by atoms with Crippen molar-refractivity contribution in [2.24, 2.45) is 0 Å². The lowest BCUT2D eigenvalue weighted by Gasteiger charge is -2.10. The molecule has 0 aromatic heterocycles. The molecule has 0 N–H and O–H groups in total. The predicted molar refractivity (Wildman–Crippen MR) is 57.6 cm³/mol. The fourth-order valence-electron chi connectivity index (χ4n) is 1.56. The van der Waals surface area contributed by atoms with Crippen molar-refractivity contribution in [1.29, 1.82) is 0 Å². The Morgan fingerprint density at radius 1 is 1.38 bits per heavy atom. The van der Waals surface area contributed by atoms with Gasteiger partial charge < -0.3 is 4.74 Å². The molecule has 1 aliphatic carbocycles. The van der Waals surface area contributed by atoms with Crippen LogP contribution < -0.4 is 4.74 Å². The van der Waals surface area contributed by atoms with Gasteiger partial charge in [0.2, 0.25) is 0 Å². The van der Waals surface area contributed by atoms with E-state index in [2.05, 4.69) is 35.0 Å². The van der Waals surface area contributed by atoms with Crippen LogP contribution in [0.4, 0.5) is 0 Å². The van der Waals surface area contributed by atoms with E-state index in [0.717, 1.165) is 5.75 Å². The van der Waals surface area contributed by atoms with Gasteiger partial charge in [-0.25, -0.2) is 0 Å². The van der Waals surface area contributed by atoms with Gasteiger partial charge in [-0.15, -0.1) is 0 Å². The molecule has 2 rings (SSSR count). The first-order valence-electron chi connectivity index (χ1n) is 4.50. The smallest absolute Gasteiger partial charge is 0.121 e. The van der Waals surface area contributed by atoms with Crippen LogP contribution in [0.1, 0.15) is 24.0 Å². The number of ether oxygens (including phenoxy) is 1. The number of rotatable bonds is 2. The molecule has 1 aliphatic rings. The van der Waals surface area contributed by atoms with Crippen molar-refractivity contribution in [3.8, 4) is 5.75 Å². The number of hydrogen-bond acceptors (Lipinski definition) is 1. The molecule has 0 atom stereocenters. The van der Waals surface area contributed by atoms with Gasteiger partial charge in [0.15, 0.2) is 0 Å². The normalized spacial score (nSPS) is 18.4. The zero-order chi connectivity index (χ0) is 9.47. The van der Waals surface area contributed by atoms with E-state index in [-0.39, 0.29) is 4.32 Å². The molecule has 0 bridgehead atoms. The largest absolute Gasteiger partial charge is 0.496 e. The SMILES string of the molecule is COc1ccc(C2(Br)CC2)cc1C. The predicted octanol–water partition coefficient (Wildman–Crippen LogP) is 3.39. The van der Waals surface area contributed by atoms with E-state index in [4.69, 9.17) is 4.74 Å². The average molecular weight is 241 g/mol. The second-order valence-electron chi connectivity index (χ2n) is 3.65. The van der Waals surface area contributed by atoms with Crippen LogP contribution in [0.15, 0.2) is 18.2 Å². The monoisotopic (exact) mass is 240 g/mol. The molecule has 0 aliphatic heterocycles. The van der Waals surface area contributed by atoms with Crippen LogP contribution in [-0.2, 0) is 4.32 Å².